The van der Waals surface area contributed by atoms with Crippen molar-refractivity contribution in [2.45, 2.75) is 31.7 Å². The third kappa shape index (κ3) is 3.19. The van der Waals surface area contributed by atoms with Crippen molar-refractivity contribution >= 4 is 11.8 Å². The van der Waals surface area contributed by atoms with Crippen molar-refractivity contribution in [1.29, 1.82) is 0 Å². The lowest BCUT2D eigenvalue weighted by molar-refractivity contribution is -0.133. The Hall–Kier alpha value is -1.10. The van der Waals surface area contributed by atoms with Gasteiger partial charge in [-0.2, -0.15) is 0 Å². The average Bonchev–Trinajstić information content (AvgIpc) is 2.76. The highest BCUT2D eigenvalue weighted by atomic mass is 16.2. The van der Waals surface area contributed by atoms with E-state index in [4.69, 9.17) is 0 Å². The Balaban J connectivity index is 1.80. The van der Waals surface area contributed by atoms with Gasteiger partial charge in [0.05, 0.1) is 0 Å². The maximum Gasteiger partial charge on any atom is 0.244 e. The molecule has 2 saturated heterocycles. The highest BCUT2D eigenvalue weighted by molar-refractivity contribution is 5.90. The van der Waals surface area contributed by atoms with E-state index in [2.05, 4.69) is 10.6 Å². The first kappa shape index (κ1) is 12.4. The van der Waals surface area contributed by atoms with E-state index in [0.717, 1.165) is 32.5 Å². The number of amides is 2. The van der Waals surface area contributed by atoms with Gasteiger partial charge in [0.2, 0.25) is 11.8 Å². The van der Waals surface area contributed by atoms with Crippen LogP contribution < -0.4 is 10.6 Å². The number of hydrogen-bond donors (Lipinski definition) is 2. The van der Waals surface area contributed by atoms with Crippen LogP contribution in [-0.2, 0) is 9.59 Å². The molecule has 2 amide bonds. The van der Waals surface area contributed by atoms with Crippen LogP contribution in [0.4, 0.5) is 0 Å². The Bertz CT molecular complexity index is 300. The molecule has 0 radical (unpaired) electrons. The predicted molar refractivity (Wildman–Crippen MR) is 64.4 cm³/mol. The van der Waals surface area contributed by atoms with Gasteiger partial charge in [-0.15, -0.1) is 0 Å². The molecule has 0 saturated carbocycles. The summed E-state index contributed by atoms with van der Waals surface area (Å²) in [6.45, 7) is 2.91. The molecule has 2 heterocycles. The number of rotatable bonds is 3. The molecule has 1 atom stereocenters. The molecule has 0 aromatic rings. The minimum Gasteiger partial charge on any atom is -0.344 e. The summed E-state index contributed by atoms with van der Waals surface area (Å²) in [5.41, 5.74) is 0. The van der Waals surface area contributed by atoms with Crippen LogP contribution in [0.3, 0.4) is 0 Å². The molecule has 5 heteroatoms. The summed E-state index contributed by atoms with van der Waals surface area (Å²) in [5.74, 6) is 0.662. The second kappa shape index (κ2) is 5.49. The van der Waals surface area contributed by atoms with Crippen LogP contribution in [0, 0.1) is 5.92 Å². The smallest absolute Gasteiger partial charge is 0.244 e. The van der Waals surface area contributed by atoms with E-state index in [0.29, 0.717) is 18.8 Å². The molecule has 5 nitrogen and oxygen atoms in total. The minimum absolute atomic E-state index is 0.00128. The zero-order chi connectivity index (χ0) is 12.3. The quantitative estimate of drug-likeness (QED) is 0.712. The Morgan fingerprint density at radius 1 is 1.35 bits per heavy atom. The first-order valence-corrected chi connectivity index (χ1v) is 6.42. The average molecular weight is 239 g/mol. The largest absolute Gasteiger partial charge is 0.344 e. The highest BCUT2D eigenvalue weighted by Crippen LogP contribution is 2.15. The number of nitrogens with zero attached hydrogens (tertiary/aromatic N) is 1. The van der Waals surface area contributed by atoms with E-state index in [1.807, 2.05) is 7.05 Å². The summed E-state index contributed by atoms with van der Waals surface area (Å²) in [6, 6.07) is -0.283. The second-order valence-corrected chi connectivity index (χ2v) is 5.07. The molecule has 2 N–H and O–H groups in total. The maximum atomic E-state index is 12.1. The highest BCUT2D eigenvalue weighted by Gasteiger charge is 2.30. The van der Waals surface area contributed by atoms with Gasteiger partial charge in [0.15, 0.2) is 0 Å². The van der Waals surface area contributed by atoms with Crippen molar-refractivity contribution in [2.75, 3.05) is 26.7 Å². The van der Waals surface area contributed by atoms with Gasteiger partial charge in [0.1, 0.15) is 6.04 Å². The number of carbonyl (C=O) groups excluding carboxylic acids is 2. The van der Waals surface area contributed by atoms with Gasteiger partial charge < -0.3 is 15.5 Å². The summed E-state index contributed by atoms with van der Waals surface area (Å²) in [7, 11) is 1.84. The molecule has 96 valence electrons. The van der Waals surface area contributed by atoms with Gasteiger partial charge in [0.25, 0.3) is 0 Å². The Labute approximate surface area is 102 Å². The van der Waals surface area contributed by atoms with Gasteiger partial charge in [-0.05, 0) is 38.3 Å². The number of piperidine rings is 1. The van der Waals surface area contributed by atoms with Crippen molar-refractivity contribution in [3.63, 3.8) is 0 Å². The van der Waals surface area contributed by atoms with Crippen LogP contribution in [-0.4, -0.2) is 49.4 Å². The third-order valence-corrected chi connectivity index (χ3v) is 3.66. The molecule has 17 heavy (non-hydrogen) atoms. The van der Waals surface area contributed by atoms with Gasteiger partial charge in [-0.1, -0.05) is 0 Å². The molecule has 2 aliphatic rings. The van der Waals surface area contributed by atoms with E-state index in [9.17, 15) is 9.59 Å². The zero-order valence-electron chi connectivity index (χ0n) is 10.4. The summed E-state index contributed by atoms with van der Waals surface area (Å²) in [4.78, 5) is 24.9. The first-order chi connectivity index (χ1) is 8.16. The van der Waals surface area contributed by atoms with Gasteiger partial charge in [0, 0.05) is 20.0 Å². The lowest BCUT2D eigenvalue weighted by Gasteiger charge is -2.28. The van der Waals surface area contributed by atoms with E-state index >= 15 is 0 Å². The first-order valence-electron chi connectivity index (χ1n) is 6.42. The van der Waals surface area contributed by atoms with Gasteiger partial charge >= 0.3 is 0 Å². The molecule has 0 aliphatic carbocycles. The van der Waals surface area contributed by atoms with Crippen molar-refractivity contribution < 1.29 is 9.59 Å². The normalized spacial score (nSPS) is 25.7. The van der Waals surface area contributed by atoms with E-state index in [1.165, 1.54) is 0 Å². The van der Waals surface area contributed by atoms with Crippen LogP contribution in [0.15, 0.2) is 0 Å². The molecular weight excluding hydrogens is 218 g/mol. The lowest BCUT2D eigenvalue weighted by Crippen LogP contribution is -2.45. The van der Waals surface area contributed by atoms with E-state index < -0.39 is 0 Å². The van der Waals surface area contributed by atoms with Crippen LogP contribution >= 0.6 is 0 Å². The lowest BCUT2D eigenvalue weighted by atomic mass is 9.97. The molecular formula is C12H21N3O2. The zero-order valence-corrected chi connectivity index (χ0v) is 10.4. The summed E-state index contributed by atoms with van der Waals surface area (Å²) in [6.07, 6.45) is 3.40. The number of nitrogens with one attached hydrogen (secondary N) is 2. The summed E-state index contributed by atoms with van der Waals surface area (Å²) < 4.78 is 0. The van der Waals surface area contributed by atoms with Crippen LogP contribution in [0.5, 0.6) is 0 Å². The predicted octanol–water partition coefficient (Wildman–Crippen LogP) is -0.277. The summed E-state index contributed by atoms with van der Waals surface area (Å²) >= 11 is 0. The molecule has 2 fully saturated rings. The van der Waals surface area contributed by atoms with Crippen molar-refractivity contribution in [2.24, 2.45) is 5.92 Å². The fraction of sp³-hybridized carbons (Fsp3) is 0.833. The van der Waals surface area contributed by atoms with Crippen molar-refractivity contribution in [1.82, 2.24) is 15.5 Å². The number of hydrogen-bond acceptors (Lipinski definition) is 3. The Kier molecular flexibility index (Phi) is 3.99. The fourth-order valence-corrected chi connectivity index (χ4v) is 2.61. The molecule has 0 spiro atoms. The Morgan fingerprint density at radius 2 is 2.06 bits per heavy atom. The number of carbonyl (C=O) groups is 2. The molecule has 2 rings (SSSR count). The van der Waals surface area contributed by atoms with Crippen LogP contribution in [0.2, 0.25) is 0 Å². The molecule has 0 unspecified atom stereocenters. The summed E-state index contributed by atoms with van der Waals surface area (Å²) in [5, 5.41) is 6.05. The second-order valence-electron chi connectivity index (χ2n) is 5.07. The standard InChI is InChI=1S/C12H21N3O2/c1-15(8-9-4-6-13-7-5-9)12(17)10-2-3-11(16)14-10/h9-10,13H,2-8H2,1H3,(H,14,16)/t10-/m0/s1. The molecule has 0 bridgehead atoms. The van der Waals surface area contributed by atoms with E-state index in [-0.39, 0.29) is 17.9 Å². The topological polar surface area (TPSA) is 61.4 Å². The minimum atomic E-state index is -0.283. The number of likely N-dealkylation sites (N-methyl/N-ethyl adjacent to an activating group) is 1. The van der Waals surface area contributed by atoms with E-state index in [1.54, 1.807) is 4.90 Å². The molecule has 0 aromatic heterocycles. The molecule has 0 aromatic carbocycles. The van der Waals surface area contributed by atoms with Gasteiger partial charge in [-0.25, -0.2) is 0 Å². The van der Waals surface area contributed by atoms with Crippen molar-refractivity contribution in [3.8, 4) is 0 Å². The maximum absolute atomic E-state index is 12.1. The third-order valence-electron chi connectivity index (χ3n) is 3.66. The van der Waals surface area contributed by atoms with Crippen molar-refractivity contribution in [3.05, 3.63) is 0 Å². The van der Waals surface area contributed by atoms with Gasteiger partial charge in [-0.3, -0.25) is 9.59 Å². The Morgan fingerprint density at radius 3 is 2.65 bits per heavy atom. The van der Waals surface area contributed by atoms with Crippen LogP contribution in [0.1, 0.15) is 25.7 Å². The van der Waals surface area contributed by atoms with Crippen LogP contribution in [0.25, 0.3) is 0 Å². The fourth-order valence-electron chi connectivity index (χ4n) is 2.61. The monoisotopic (exact) mass is 239 g/mol. The SMILES string of the molecule is CN(CC1CCNCC1)C(=O)[C@@H]1CCC(=O)N1. The molecule has 2 aliphatic heterocycles.